The van der Waals surface area contributed by atoms with Gasteiger partial charge in [-0.15, -0.1) is 0 Å². The second kappa shape index (κ2) is 4.07. The van der Waals surface area contributed by atoms with Gasteiger partial charge in [-0.1, -0.05) is 39.7 Å². The van der Waals surface area contributed by atoms with Gasteiger partial charge in [0.15, 0.2) is 0 Å². The number of alkyl halides is 2. The Labute approximate surface area is 78.5 Å². The lowest BCUT2D eigenvalue weighted by Crippen LogP contribution is -1.90. The number of rotatable bonds is 2. The van der Waals surface area contributed by atoms with Gasteiger partial charge in [0.2, 0.25) is 0 Å². The Morgan fingerprint density at radius 1 is 1.36 bits per heavy atom. The van der Waals surface area contributed by atoms with Crippen molar-refractivity contribution in [1.29, 1.82) is 0 Å². The molecule has 0 aliphatic rings. The van der Waals surface area contributed by atoms with Crippen LogP contribution in [-0.2, 0) is 0 Å². The molecule has 0 aliphatic heterocycles. The smallest absolute Gasteiger partial charge is 0.135 e. The van der Waals surface area contributed by atoms with Crippen molar-refractivity contribution >= 4 is 27.5 Å². The minimum Gasteiger partial charge on any atom is -0.241 e. The molecule has 0 aromatic heterocycles. The van der Waals surface area contributed by atoms with Gasteiger partial charge in [0.1, 0.15) is 6.17 Å². The van der Waals surface area contributed by atoms with Gasteiger partial charge in [-0.2, -0.15) is 0 Å². The summed E-state index contributed by atoms with van der Waals surface area (Å²) in [6, 6.07) is 6.75. The first-order chi connectivity index (χ1) is 5.24. The molecular formula is C8H7BrClF. The summed E-state index contributed by atoms with van der Waals surface area (Å²) in [5.74, 6) is 0. The normalized spacial score (nSPS) is 13.0. The van der Waals surface area contributed by atoms with Crippen LogP contribution in [0.5, 0.6) is 0 Å². The molecule has 60 valence electrons. The third-order valence-electron chi connectivity index (χ3n) is 1.37. The number of benzene rings is 1. The van der Waals surface area contributed by atoms with Crippen LogP contribution < -0.4 is 0 Å². The zero-order chi connectivity index (χ0) is 8.27. The summed E-state index contributed by atoms with van der Waals surface area (Å²) < 4.78 is 12.9. The standard InChI is InChI=1S/C8H7BrClF/c9-5-8(11)6-1-3-7(10)4-2-6/h1-4,8H,5H2/t8-/m0/s1. The summed E-state index contributed by atoms with van der Waals surface area (Å²) in [7, 11) is 0. The molecule has 0 spiro atoms. The summed E-state index contributed by atoms with van der Waals surface area (Å²) in [5, 5.41) is 0.963. The minimum absolute atomic E-state index is 0.328. The fourth-order valence-electron chi connectivity index (χ4n) is 0.761. The summed E-state index contributed by atoms with van der Waals surface area (Å²) in [6.45, 7) is 0. The molecule has 0 bridgehead atoms. The van der Waals surface area contributed by atoms with Gasteiger partial charge >= 0.3 is 0 Å². The average molecular weight is 237 g/mol. The van der Waals surface area contributed by atoms with E-state index in [-0.39, 0.29) is 0 Å². The molecule has 0 amide bonds. The molecule has 0 fully saturated rings. The Balaban J connectivity index is 2.81. The zero-order valence-corrected chi connectivity index (χ0v) is 8.07. The Hall–Kier alpha value is -0.0800. The third kappa shape index (κ3) is 2.46. The van der Waals surface area contributed by atoms with Crippen molar-refractivity contribution in [3.8, 4) is 0 Å². The van der Waals surface area contributed by atoms with Crippen LogP contribution in [0.1, 0.15) is 11.7 Å². The van der Waals surface area contributed by atoms with E-state index in [0.29, 0.717) is 15.9 Å². The molecule has 0 unspecified atom stereocenters. The molecule has 11 heavy (non-hydrogen) atoms. The van der Waals surface area contributed by atoms with Crippen LogP contribution in [0, 0.1) is 0 Å². The van der Waals surface area contributed by atoms with Crippen LogP contribution in [0.2, 0.25) is 5.02 Å². The van der Waals surface area contributed by atoms with E-state index >= 15 is 0 Å². The second-order valence-corrected chi connectivity index (χ2v) is 3.26. The summed E-state index contributed by atoms with van der Waals surface area (Å²) >= 11 is 8.69. The first-order valence-electron chi connectivity index (χ1n) is 3.19. The minimum atomic E-state index is -0.938. The van der Waals surface area contributed by atoms with Gasteiger partial charge in [0.25, 0.3) is 0 Å². The fourth-order valence-corrected chi connectivity index (χ4v) is 1.26. The van der Waals surface area contributed by atoms with Crippen LogP contribution in [0.25, 0.3) is 0 Å². The van der Waals surface area contributed by atoms with Gasteiger partial charge < -0.3 is 0 Å². The van der Waals surface area contributed by atoms with E-state index in [2.05, 4.69) is 15.9 Å². The average Bonchev–Trinajstić information content (AvgIpc) is 2.05. The molecule has 0 heterocycles. The summed E-state index contributed by atoms with van der Waals surface area (Å²) in [6.07, 6.45) is -0.938. The van der Waals surface area contributed by atoms with E-state index in [4.69, 9.17) is 11.6 Å². The predicted molar refractivity (Wildman–Crippen MR) is 49.1 cm³/mol. The molecular weight excluding hydrogens is 230 g/mol. The summed E-state index contributed by atoms with van der Waals surface area (Å²) in [4.78, 5) is 0. The SMILES string of the molecule is F[C@@H](CBr)c1ccc(Cl)cc1. The van der Waals surface area contributed by atoms with Crippen LogP contribution in [0.3, 0.4) is 0 Å². The monoisotopic (exact) mass is 236 g/mol. The van der Waals surface area contributed by atoms with Crippen LogP contribution in [0.15, 0.2) is 24.3 Å². The Bertz CT molecular complexity index is 222. The molecule has 1 aromatic carbocycles. The number of hydrogen-bond donors (Lipinski definition) is 0. The Morgan fingerprint density at radius 2 is 1.91 bits per heavy atom. The lowest BCUT2D eigenvalue weighted by Gasteiger charge is -2.03. The maximum absolute atomic E-state index is 12.9. The largest absolute Gasteiger partial charge is 0.241 e. The second-order valence-electron chi connectivity index (χ2n) is 2.17. The molecule has 1 aromatic rings. The van der Waals surface area contributed by atoms with Crippen molar-refractivity contribution in [3.63, 3.8) is 0 Å². The number of halogens is 3. The first kappa shape index (κ1) is 9.01. The molecule has 1 atom stereocenters. The maximum atomic E-state index is 12.9. The van der Waals surface area contributed by atoms with Gasteiger partial charge in [0, 0.05) is 10.4 Å². The quantitative estimate of drug-likeness (QED) is 0.687. The van der Waals surface area contributed by atoms with Crippen molar-refractivity contribution in [2.45, 2.75) is 6.17 Å². The number of hydrogen-bond acceptors (Lipinski definition) is 0. The molecule has 0 saturated heterocycles. The van der Waals surface area contributed by atoms with E-state index in [1.165, 1.54) is 0 Å². The predicted octanol–water partition coefficient (Wildman–Crippen LogP) is 3.75. The molecule has 0 nitrogen and oxygen atoms in total. The molecule has 0 N–H and O–H groups in total. The molecule has 3 heteroatoms. The maximum Gasteiger partial charge on any atom is 0.135 e. The van der Waals surface area contributed by atoms with Gasteiger partial charge in [-0.3, -0.25) is 0 Å². The van der Waals surface area contributed by atoms with Crippen LogP contribution in [0.4, 0.5) is 4.39 Å². The van der Waals surface area contributed by atoms with Crippen molar-refractivity contribution in [2.75, 3.05) is 5.33 Å². The van der Waals surface area contributed by atoms with E-state index in [1.54, 1.807) is 24.3 Å². The van der Waals surface area contributed by atoms with Gasteiger partial charge in [-0.25, -0.2) is 4.39 Å². The zero-order valence-electron chi connectivity index (χ0n) is 5.73. The summed E-state index contributed by atoms with van der Waals surface area (Å²) in [5.41, 5.74) is 0.659. The van der Waals surface area contributed by atoms with Crippen LogP contribution >= 0.6 is 27.5 Å². The highest BCUT2D eigenvalue weighted by Crippen LogP contribution is 2.20. The third-order valence-corrected chi connectivity index (χ3v) is 2.19. The van der Waals surface area contributed by atoms with Gasteiger partial charge in [0.05, 0.1) is 0 Å². The van der Waals surface area contributed by atoms with Crippen molar-refractivity contribution in [3.05, 3.63) is 34.9 Å². The molecule has 0 aliphatic carbocycles. The first-order valence-corrected chi connectivity index (χ1v) is 4.69. The highest BCUT2D eigenvalue weighted by molar-refractivity contribution is 9.09. The van der Waals surface area contributed by atoms with E-state index in [9.17, 15) is 4.39 Å². The van der Waals surface area contributed by atoms with E-state index < -0.39 is 6.17 Å². The lowest BCUT2D eigenvalue weighted by atomic mass is 10.1. The highest BCUT2D eigenvalue weighted by Gasteiger charge is 2.05. The van der Waals surface area contributed by atoms with E-state index in [1.807, 2.05) is 0 Å². The van der Waals surface area contributed by atoms with E-state index in [0.717, 1.165) is 0 Å². The topological polar surface area (TPSA) is 0 Å². The molecule has 0 radical (unpaired) electrons. The Morgan fingerprint density at radius 3 is 2.36 bits per heavy atom. The van der Waals surface area contributed by atoms with Crippen molar-refractivity contribution in [2.24, 2.45) is 0 Å². The van der Waals surface area contributed by atoms with Crippen molar-refractivity contribution < 1.29 is 4.39 Å². The van der Waals surface area contributed by atoms with Crippen LogP contribution in [-0.4, -0.2) is 5.33 Å². The fraction of sp³-hybridized carbons (Fsp3) is 0.250. The molecule has 0 saturated carbocycles. The Kier molecular flexibility index (Phi) is 3.34. The molecule has 1 rings (SSSR count). The highest BCUT2D eigenvalue weighted by atomic mass is 79.9. The lowest BCUT2D eigenvalue weighted by molar-refractivity contribution is 0.382. The van der Waals surface area contributed by atoms with Gasteiger partial charge in [-0.05, 0) is 17.7 Å². The van der Waals surface area contributed by atoms with Crippen molar-refractivity contribution in [1.82, 2.24) is 0 Å².